The largest absolute Gasteiger partial charge is 0.508 e. The summed E-state index contributed by atoms with van der Waals surface area (Å²) in [5.74, 6) is -8.52. The summed E-state index contributed by atoms with van der Waals surface area (Å²) < 4.78 is 0. The lowest BCUT2D eigenvalue weighted by molar-refractivity contribution is -0.145. The van der Waals surface area contributed by atoms with Gasteiger partial charge >= 0.3 is 11.9 Å². The number of carboxylic acid groups (broad SMARTS) is 2. The molecule has 0 unspecified atom stereocenters. The zero-order chi connectivity index (χ0) is 39.7. The van der Waals surface area contributed by atoms with Crippen LogP contribution in [0.15, 0.2) is 29.3 Å². The van der Waals surface area contributed by atoms with Gasteiger partial charge in [0.05, 0.1) is 26.1 Å². The molecule has 292 valence electrons. The number of aliphatic hydroxyl groups excluding tert-OH is 1. The molecule has 1 aliphatic heterocycles. The Bertz CT molecular complexity index is 1520. The molecule has 0 spiro atoms. The van der Waals surface area contributed by atoms with Crippen molar-refractivity contribution in [1.82, 2.24) is 31.5 Å². The zero-order valence-electron chi connectivity index (χ0n) is 28.7. The maximum absolute atomic E-state index is 13.4. The predicted molar refractivity (Wildman–Crippen MR) is 183 cm³/mol. The fourth-order valence-corrected chi connectivity index (χ4v) is 5.24. The van der Waals surface area contributed by atoms with Gasteiger partial charge in [0.2, 0.25) is 35.4 Å². The quantitative estimate of drug-likeness (QED) is 0.0317. The first-order chi connectivity index (χ1) is 25.1. The molecule has 1 heterocycles. The molecule has 1 aromatic rings. The molecule has 53 heavy (non-hydrogen) atoms. The van der Waals surface area contributed by atoms with Gasteiger partial charge in [-0.25, -0.2) is 4.79 Å². The molecule has 6 amide bonds. The number of hydrogen-bond donors (Lipinski definition) is 12. The van der Waals surface area contributed by atoms with Gasteiger partial charge in [0.1, 0.15) is 36.0 Å². The van der Waals surface area contributed by atoms with Crippen LogP contribution in [0.5, 0.6) is 5.75 Å². The molecule has 0 saturated carbocycles. The second-order valence-corrected chi connectivity index (χ2v) is 11.9. The van der Waals surface area contributed by atoms with E-state index in [1.165, 1.54) is 24.3 Å². The highest BCUT2D eigenvalue weighted by Crippen LogP contribution is 2.20. The fourth-order valence-electron chi connectivity index (χ4n) is 5.24. The average molecular weight is 751 g/mol. The number of nitrogens with two attached hydrogens (primary N) is 3. The lowest BCUT2D eigenvalue weighted by Crippen LogP contribution is -2.59. The molecule has 22 nitrogen and oxygen atoms in total. The van der Waals surface area contributed by atoms with Crippen molar-refractivity contribution in [2.75, 3.05) is 32.8 Å². The van der Waals surface area contributed by atoms with Gasteiger partial charge in [0.15, 0.2) is 5.96 Å². The minimum atomic E-state index is -1.79. The Labute approximate surface area is 302 Å². The summed E-state index contributed by atoms with van der Waals surface area (Å²) in [6.45, 7) is -2.04. The lowest BCUT2D eigenvalue weighted by Gasteiger charge is -2.29. The highest BCUT2D eigenvalue weighted by molar-refractivity contribution is 5.97. The number of phenolic OH excluding ortho intramolecular Hbond substituents is 1. The summed E-state index contributed by atoms with van der Waals surface area (Å²) in [6.07, 6.45) is -0.344. The van der Waals surface area contributed by atoms with Crippen molar-refractivity contribution in [2.24, 2.45) is 22.2 Å². The number of carbonyl (C=O) groups is 8. The third kappa shape index (κ3) is 14.6. The Kier molecular flexibility index (Phi) is 17.4. The van der Waals surface area contributed by atoms with E-state index in [4.69, 9.17) is 17.2 Å². The van der Waals surface area contributed by atoms with Crippen LogP contribution in [-0.4, -0.2) is 142 Å². The molecule has 1 fully saturated rings. The van der Waals surface area contributed by atoms with E-state index in [0.29, 0.717) is 12.0 Å². The normalized spacial score (nSPS) is 15.8. The van der Waals surface area contributed by atoms with E-state index >= 15 is 0 Å². The monoisotopic (exact) mass is 750 g/mol. The van der Waals surface area contributed by atoms with Crippen LogP contribution < -0.4 is 43.8 Å². The maximum atomic E-state index is 13.4. The van der Waals surface area contributed by atoms with E-state index in [9.17, 15) is 58.8 Å². The molecular formula is C31H46N10O12. The van der Waals surface area contributed by atoms with E-state index in [0.717, 1.165) is 4.90 Å². The molecule has 1 saturated heterocycles. The first kappa shape index (κ1) is 43.1. The first-order valence-electron chi connectivity index (χ1n) is 16.4. The minimum absolute atomic E-state index is 0.00892. The first-order valence-corrected chi connectivity index (χ1v) is 16.4. The number of likely N-dealkylation sites (tertiary alicyclic amines) is 1. The number of aliphatic imine (C=N–C) groups is 1. The third-order valence-electron chi connectivity index (χ3n) is 7.86. The van der Waals surface area contributed by atoms with Gasteiger partial charge in [-0.05, 0) is 43.4 Å². The molecule has 15 N–H and O–H groups in total. The van der Waals surface area contributed by atoms with Crippen molar-refractivity contribution in [3.8, 4) is 5.75 Å². The number of phenols is 1. The number of aliphatic carboxylic acids is 2. The van der Waals surface area contributed by atoms with Crippen molar-refractivity contribution >= 4 is 53.3 Å². The summed E-state index contributed by atoms with van der Waals surface area (Å²) in [7, 11) is 0. The standard InChI is InChI=1S/C31H46N10O12/c32-13-23(44)37-18(3-1-9-35-31(33)34)26(48)36-14-24(45)38-19(12-25(46)47)27(49)40-21(15-42)29(51)41-10-2-4-22(41)28(50)39-20(30(52)53)11-16-5-7-17(43)8-6-16/h5-8,18-22,42-43H,1-4,9-15,32H2,(H,36,48)(H,37,44)(H,38,45)(H,39,50)(H,40,49)(H,46,47)(H,52,53)(H4,33,34,35)/t18-,19-,20-,21-,22-/m0/s1. The minimum Gasteiger partial charge on any atom is -0.508 e. The summed E-state index contributed by atoms with van der Waals surface area (Å²) in [6, 6.07) is -1.52. The number of carbonyl (C=O) groups excluding carboxylic acids is 6. The Morgan fingerprint density at radius 1 is 0.868 bits per heavy atom. The number of nitrogens with zero attached hydrogens (tertiary/aromatic N) is 2. The highest BCUT2D eigenvalue weighted by Gasteiger charge is 2.39. The van der Waals surface area contributed by atoms with Gasteiger partial charge in [0, 0.05) is 19.5 Å². The van der Waals surface area contributed by atoms with Crippen molar-refractivity contribution in [2.45, 2.75) is 68.7 Å². The maximum Gasteiger partial charge on any atom is 0.326 e. The number of amides is 6. The number of aromatic hydroxyl groups is 1. The number of carboxylic acids is 2. The third-order valence-corrected chi connectivity index (χ3v) is 7.86. The van der Waals surface area contributed by atoms with E-state index in [2.05, 4.69) is 31.6 Å². The van der Waals surface area contributed by atoms with Crippen LogP contribution in [0.4, 0.5) is 0 Å². The van der Waals surface area contributed by atoms with E-state index in [1.54, 1.807) is 0 Å². The number of hydrogen-bond acceptors (Lipinski definition) is 12. The smallest absolute Gasteiger partial charge is 0.326 e. The Hall–Kier alpha value is -6.03. The molecule has 22 heteroatoms. The lowest BCUT2D eigenvalue weighted by atomic mass is 10.0. The van der Waals surface area contributed by atoms with Gasteiger partial charge in [-0.3, -0.25) is 38.6 Å². The molecule has 1 aliphatic rings. The van der Waals surface area contributed by atoms with E-state index < -0.39 is 104 Å². The highest BCUT2D eigenvalue weighted by atomic mass is 16.4. The van der Waals surface area contributed by atoms with Gasteiger partial charge in [-0.15, -0.1) is 0 Å². The average Bonchev–Trinajstić information content (AvgIpc) is 3.60. The summed E-state index contributed by atoms with van der Waals surface area (Å²) >= 11 is 0. The van der Waals surface area contributed by atoms with E-state index in [1.807, 2.05) is 0 Å². The van der Waals surface area contributed by atoms with E-state index in [-0.39, 0.29) is 50.5 Å². The summed E-state index contributed by atoms with van der Waals surface area (Å²) in [5.41, 5.74) is 16.3. The van der Waals surface area contributed by atoms with Crippen LogP contribution in [-0.2, 0) is 44.8 Å². The van der Waals surface area contributed by atoms with Crippen molar-refractivity contribution in [1.29, 1.82) is 0 Å². The van der Waals surface area contributed by atoms with Crippen LogP contribution in [0.1, 0.15) is 37.7 Å². The fraction of sp³-hybridized carbons (Fsp3) is 0.516. The van der Waals surface area contributed by atoms with Crippen LogP contribution in [0.3, 0.4) is 0 Å². The molecule has 1 aromatic carbocycles. The Balaban J connectivity index is 2.06. The topological polar surface area (TPSA) is 371 Å². The SMILES string of the molecule is NCC(=O)N[C@@H](CCCN=C(N)N)C(=O)NCC(=O)N[C@@H](CC(=O)O)C(=O)N[C@@H](CO)C(=O)N1CCC[C@H]1C(=O)N[C@@H](Cc1ccc(O)cc1)C(=O)O. The van der Waals surface area contributed by atoms with Crippen LogP contribution >= 0.6 is 0 Å². The molecule has 0 bridgehead atoms. The molecule has 5 atom stereocenters. The van der Waals surface area contributed by atoms with Crippen molar-refractivity contribution in [3.05, 3.63) is 29.8 Å². The Morgan fingerprint density at radius 3 is 2.11 bits per heavy atom. The van der Waals surface area contributed by atoms with Crippen LogP contribution in [0.2, 0.25) is 0 Å². The number of guanidine groups is 1. The second-order valence-electron chi connectivity index (χ2n) is 11.9. The zero-order valence-corrected chi connectivity index (χ0v) is 28.7. The van der Waals surface area contributed by atoms with Gasteiger partial charge < -0.3 is 69.1 Å². The second kappa shape index (κ2) is 21.4. The van der Waals surface area contributed by atoms with Gasteiger partial charge in [0.25, 0.3) is 0 Å². The number of aliphatic hydroxyl groups is 1. The summed E-state index contributed by atoms with van der Waals surface area (Å²) in [4.78, 5) is 105. The number of benzene rings is 1. The summed E-state index contributed by atoms with van der Waals surface area (Å²) in [5, 5.41) is 49.9. The Morgan fingerprint density at radius 2 is 1.53 bits per heavy atom. The number of nitrogens with one attached hydrogen (secondary N) is 5. The van der Waals surface area contributed by atoms with Crippen LogP contribution in [0, 0.1) is 0 Å². The molecule has 0 aliphatic carbocycles. The molecular weight excluding hydrogens is 704 g/mol. The van der Waals surface area contributed by atoms with Gasteiger partial charge in [-0.2, -0.15) is 0 Å². The van der Waals surface area contributed by atoms with Crippen molar-refractivity contribution in [3.63, 3.8) is 0 Å². The molecule has 2 rings (SSSR count). The van der Waals surface area contributed by atoms with Gasteiger partial charge in [-0.1, -0.05) is 12.1 Å². The van der Waals surface area contributed by atoms with Crippen molar-refractivity contribution < 1.29 is 58.8 Å². The molecule has 0 radical (unpaired) electrons. The predicted octanol–water partition coefficient (Wildman–Crippen LogP) is -5.46. The molecule has 0 aromatic heterocycles. The van der Waals surface area contributed by atoms with Crippen LogP contribution in [0.25, 0.3) is 0 Å². The number of rotatable bonds is 21.